The molecule has 1 rings (SSSR count). The third-order valence-corrected chi connectivity index (χ3v) is 5.90. The first kappa shape index (κ1) is 18.4. The van der Waals surface area contributed by atoms with E-state index in [-0.39, 0.29) is 23.5 Å². The van der Waals surface area contributed by atoms with Gasteiger partial charge in [-0.05, 0) is 33.2 Å². The van der Waals surface area contributed by atoms with E-state index in [0.29, 0.717) is 19.5 Å². The Kier molecular flexibility index (Phi) is 6.62. The summed E-state index contributed by atoms with van der Waals surface area (Å²) in [5.74, 6) is 0.132. The Balaban J connectivity index is 2.63. The molecule has 7 heteroatoms. The average molecular weight is 320 g/mol. The number of nitrogens with one attached hydrogen (secondary N) is 1. The van der Waals surface area contributed by atoms with E-state index in [1.165, 1.54) is 7.11 Å². The van der Waals surface area contributed by atoms with Gasteiger partial charge in [0.15, 0.2) is 9.84 Å². The van der Waals surface area contributed by atoms with E-state index < -0.39 is 15.4 Å². The van der Waals surface area contributed by atoms with Gasteiger partial charge in [-0.2, -0.15) is 0 Å². The summed E-state index contributed by atoms with van der Waals surface area (Å²) in [6.07, 6.45) is 1.54. The topological polar surface area (TPSA) is 75.7 Å². The fourth-order valence-electron chi connectivity index (χ4n) is 2.62. The van der Waals surface area contributed by atoms with Gasteiger partial charge in [-0.1, -0.05) is 6.92 Å². The van der Waals surface area contributed by atoms with Gasteiger partial charge >= 0.3 is 5.97 Å². The Morgan fingerprint density at radius 1 is 1.48 bits per heavy atom. The molecule has 1 saturated heterocycles. The lowest BCUT2D eigenvalue weighted by Crippen LogP contribution is -2.54. The molecule has 0 saturated carbocycles. The van der Waals surface area contributed by atoms with Crippen molar-refractivity contribution in [3.8, 4) is 0 Å². The van der Waals surface area contributed by atoms with Gasteiger partial charge < -0.3 is 10.1 Å². The minimum Gasteiger partial charge on any atom is -0.468 e. The lowest BCUT2D eigenvalue weighted by molar-refractivity contribution is -0.148. The molecule has 1 N–H and O–H groups in total. The lowest BCUT2D eigenvalue weighted by atomic mass is 9.97. The van der Waals surface area contributed by atoms with E-state index in [0.717, 1.165) is 13.0 Å². The maximum atomic E-state index is 12.0. The summed E-state index contributed by atoms with van der Waals surface area (Å²) in [5.41, 5.74) is -0.721. The summed E-state index contributed by atoms with van der Waals surface area (Å²) in [6, 6.07) is -0.00294. The highest BCUT2D eigenvalue weighted by Crippen LogP contribution is 2.17. The molecule has 2 atom stereocenters. The third-order valence-electron chi connectivity index (χ3n) is 4.11. The highest BCUT2D eigenvalue weighted by molar-refractivity contribution is 7.91. The van der Waals surface area contributed by atoms with Gasteiger partial charge in [-0.3, -0.25) is 9.69 Å². The normalized spacial score (nSPS) is 25.2. The van der Waals surface area contributed by atoms with E-state index in [1.807, 2.05) is 20.8 Å². The van der Waals surface area contributed by atoms with Crippen LogP contribution in [-0.2, 0) is 19.4 Å². The first-order valence-electron chi connectivity index (χ1n) is 7.52. The minimum absolute atomic E-state index is 0.00294. The Hall–Kier alpha value is -0.660. The van der Waals surface area contributed by atoms with Gasteiger partial charge in [0, 0.05) is 19.1 Å². The van der Waals surface area contributed by atoms with Crippen LogP contribution < -0.4 is 5.32 Å². The Morgan fingerprint density at radius 3 is 2.67 bits per heavy atom. The zero-order chi connectivity index (χ0) is 16.1. The van der Waals surface area contributed by atoms with Crippen LogP contribution in [0.25, 0.3) is 0 Å². The number of hydrogen-bond donors (Lipinski definition) is 1. The predicted octanol–water partition coefficient (Wildman–Crippen LogP) is 0.427. The van der Waals surface area contributed by atoms with Crippen LogP contribution in [0.5, 0.6) is 0 Å². The molecule has 21 heavy (non-hydrogen) atoms. The van der Waals surface area contributed by atoms with Crippen molar-refractivity contribution in [1.82, 2.24) is 10.2 Å². The number of carbonyl (C=O) groups is 1. The molecule has 0 bridgehead atoms. The van der Waals surface area contributed by atoms with Crippen molar-refractivity contribution in [1.29, 1.82) is 0 Å². The number of rotatable bonds is 7. The number of ether oxygens (including phenoxy) is 1. The summed E-state index contributed by atoms with van der Waals surface area (Å²) in [4.78, 5) is 14.1. The van der Waals surface area contributed by atoms with Crippen LogP contribution in [0.15, 0.2) is 0 Å². The lowest BCUT2D eigenvalue weighted by Gasteiger charge is -2.36. The zero-order valence-corrected chi connectivity index (χ0v) is 14.3. The van der Waals surface area contributed by atoms with E-state index in [9.17, 15) is 13.2 Å². The molecule has 0 aromatic rings. The number of nitrogens with zero attached hydrogens (tertiary/aromatic N) is 1. The second-order valence-corrected chi connectivity index (χ2v) is 8.23. The Bertz CT molecular complexity index is 452. The van der Waals surface area contributed by atoms with Crippen molar-refractivity contribution in [2.75, 3.05) is 38.2 Å². The van der Waals surface area contributed by atoms with Crippen LogP contribution in [0.4, 0.5) is 0 Å². The molecular formula is C14H28N2O4S. The van der Waals surface area contributed by atoms with Crippen molar-refractivity contribution in [3.05, 3.63) is 0 Å². The summed E-state index contributed by atoms with van der Waals surface area (Å²) in [6.45, 7) is 7.77. The molecule has 0 amide bonds. The molecular weight excluding hydrogens is 292 g/mol. The fourth-order valence-corrected chi connectivity index (χ4v) is 4.25. The molecule has 0 aliphatic carbocycles. The number of carbonyl (C=O) groups excluding carboxylic acids is 1. The molecule has 0 aromatic heterocycles. The van der Waals surface area contributed by atoms with E-state index in [1.54, 1.807) is 0 Å². The van der Waals surface area contributed by atoms with Crippen molar-refractivity contribution in [3.63, 3.8) is 0 Å². The third kappa shape index (κ3) is 5.23. The van der Waals surface area contributed by atoms with Gasteiger partial charge in [0.1, 0.15) is 5.54 Å². The van der Waals surface area contributed by atoms with Crippen LogP contribution in [0, 0.1) is 0 Å². The smallest absolute Gasteiger partial charge is 0.325 e. The molecule has 0 spiro atoms. The Labute approximate surface area is 128 Å². The van der Waals surface area contributed by atoms with Crippen LogP contribution in [-0.4, -0.2) is 69.1 Å². The van der Waals surface area contributed by atoms with Crippen molar-refractivity contribution >= 4 is 15.8 Å². The van der Waals surface area contributed by atoms with E-state index >= 15 is 0 Å². The quantitative estimate of drug-likeness (QED) is 0.686. The molecule has 124 valence electrons. The van der Waals surface area contributed by atoms with Gasteiger partial charge in [0.2, 0.25) is 0 Å². The predicted molar refractivity (Wildman–Crippen MR) is 83.0 cm³/mol. The molecule has 1 heterocycles. The van der Waals surface area contributed by atoms with Crippen LogP contribution in [0.1, 0.15) is 33.6 Å². The fraction of sp³-hybridized carbons (Fsp3) is 0.929. The SMILES string of the molecule is CCCNC(C)(CCN1CCS(=O)(=O)CC1C)C(=O)OC. The highest BCUT2D eigenvalue weighted by atomic mass is 32.2. The first-order valence-corrected chi connectivity index (χ1v) is 9.34. The summed E-state index contributed by atoms with van der Waals surface area (Å²) < 4.78 is 28.1. The summed E-state index contributed by atoms with van der Waals surface area (Å²) in [5, 5.41) is 3.25. The van der Waals surface area contributed by atoms with Crippen LogP contribution in [0.2, 0.25) is 0 Å². The van der Waals surface area contributed by atoms with Crippen LogP contribution in [0.3, 0.4) is 0 Å². The number of esters is 1. The standard InChI is InChI=1S/C14H28N2O4S/c1-5-7-15-14(3,13(17)20-4)6-8-16-9-10-21(18,19)11-12(16)2/h12,15H,5-11H2,1-4H3. The van der Waals surface area contributed by atoms with Gasteiger partial charge in [0.25, 0.3) is 0 Å². The second-order valence-electron chi connectivity index (χ2n) is 6.00. The minimum atomic E-state index is -2.90. The van der Waals surface area contributed by atoms with Gasteiger partial charge in [-0.15, -0.1) is 0 Å². The van der Waals surface area contributed by atoms with E-state index in [4.69, 9.17) is 4.74 Å². The second kappa shape index (κ2) is 7.56. The van der Waals surface area contributed by atoms with Gasteiger partial charge in [0.05, 0.1) is 18.6 Å². The van der Waals surface area contributed by atoms with Gasteiger partial charge in [-0.25, -0.2) is 8.42 Å². The van der Waals surface area contributed by atoms with Crippen molar-refractivity contribution < 1.29 is 17.9 Å². The maximum absolute atomic E-state index is 12.0. The highest BCUT2D eigenvalue weighted by Gasteiger charge is 2.35. The molecule has 2 unspecified atom stereocenters. The number of methoxy groups -OCH3 is 1. The summed E-state index contributed by atoms with van der Waals surface area (Å²) >= 11 is 0. The molecule has 0 aromatic carbocycles. The molecule has 1 aliphatic heterocycles. The molecule has 0 radical (unpaired) electrons. The monoisotopic (exact) mass is 320 g/mol. The number of sulfone groups is 1. The largest absolute Gasteiger partial charge is 0.468 e. The maximum Gasteiger partial charge on any atom is 0.325 e. The van der Waals surface area contributed by atoms with E-state index in [2.05, 4.69) is 10.2 Å². The average Bonchev–Trinajstić information content (AvgIpc) is 2.42. The summed E-state index contributed by atoms with van der Waals surface area (Å²) in [7, 11) is -1.51. The first-order chi connectivity index (χ1) is 9.74. The Morgan fingerprint density at radius 2 is 2.14 bits per heavy atom. The number of hydrogen-bond acceptors (Lipinski definition) is 6. The zero-order valence-electron chi connectivity index (χ0n) is 13.5. The van der Waals surface area contributed by atoms with Crippen molar-refractivity contribution in [2.24, 2.45) is 0 Å². The van der Waals surface area contributed by atoms with Crippen molar-refractivity contribution in [2.45, 2.75) is 45.2 Å². The molecule has 1 fully saturated rings. The molecule has 6 nitrogen and oxygen atoms in total. The van der Waals surface area contributed by atoms with Crippen LogP contribution >= 0.6 is 0 Å². The molecule has 1 aliphatic rings.